The number of benzene rings is 2. The van der Waals surface area contributed by atoms with Gasteiger partial charge >= 0.3 is 0 Å². The van der Waals surface area contributed by atoms with E-state index < -0.39 is 4.92 Å². The summed E-state index contributed by atoms with van der Waals surface area (Å²) in [7, 11) is 1.93. The topological polar surface area (TPSA) is 76.7 Å². The molecule has 1 amide bonds. The summed E-state index contributed by atoms with van der Waals surface area (Å²) >= 11 is 0. The Morgan fingerprint density at radius 2 is 1.68 bits per heavy atom. The lowest BCUT2D eigenvalue weighted by Gasteiger charge is -2.16. The molecule has 1 atom stereocenters. The van der Waals surface area contributed by atoms with Gasteiger partial charge in [-0.3, -0.25) is 14.9 Å². The van der Waals surface area contributed by atoms with Crippen molar-refractivity contribution in [2.75, 3.05) is 18.9 Å². The second-order valence-electron chi connectivity index (χ2n) is 6.56. The predicted octanol–water partition coefficient (Wildman–Crippen LogP) is 2.17. The van der Waals surface area contributed by atoms with Gasteiger partial charge in [-0.15, -0.1) is 0 Å². The molecule has 0 aliphatic carbocycles. The monoisotopic (exact) mass is 342 g/mol. The number of nitrogens with one attached hydrogen (secondary N) is 2. The highest BCUT2D eigenvalue weighted by Crippen LogP contribution is 2.21. The fraction of sp³-hybridized carbons (Fsp3) is 0.316. The van der Waals surface area contributed by atoms with Gasteiger partial charge in [0.05, 0.1) is 12.0 Å². The van der Waals surface area contributed by atoms with E-state index in [-0.39, 0.29) is 11.6 Å². The molecule has 0 bridgehead atoms. The summed E-state index contributed by atoms with van der Waals surface area (Å²) in [6.07, 6.45) is 0. The summed E-state index contributed by atoms with van der Waals surface area (Å²) in [5.41, 5.74) is 5.19. The fourth-order valence-corrected chi connectivity index (χ4v) is 2.98. The van der Waals surface area contributed by atoms with Crippen LogP contribution in [0.25, 0.3) is 0 Å². The molecule has 0 spiro atoms. The maximum atomic E-state index is 12.3. The highest BCUT2D eigenvalue weighted by Gasteiger charge is 2.14. The summed E-state index contributed by atoms with van der Waals surface area (Å²) in [5, 5.41) is 13.7. The maximum absolute atomic E-state index is 12.3. The minimum absolute atomic E-state index is 0.0468. The van der Waals surface area contributed by atoms with Gasteiger partial charge in [-0.25, -0.2) is 0 Å². The molecule has 0 aliphatic rings. The van der Waals surface area contributed by atoms with Crippen molar-refractivity contribution >= 4 is 17.3 Å². The Morgan fingerprint density at radius 1 is 1.12 bits per heavy atom. The number of amides is 1. The number of likely N-dealkylation sites (N-methyl/N-ethyl adjacent to an activating group) is 1. The van der Waals surface area contributed by atoms with Crippen molar-refractivity contribution in [1.29, 1.82) is 0 Å². The van der Waals surface area contributed by atoms with E-state index in [1.165, 1.54) is 17.7 Å². The number of anilines is 1. The molecule has 0 heterocycles. The molecular weight excluding hydrogens is 318 g/mol. The molecule has 2 aromatic carbocycles. The summed E-state index contributed by atoms with van der Waals surface area (Å²) < 4.78 is 0. The van der Waals surface area contributed by atoms with E-state index in [9.17, 15) is 14.9 Å². The summed E-state index contributed by atoms with van der Waals surface area (Å²) in [6, 6.07) is 10.5. The van der Waals surface area contributed by atoms with Gasteiger partial charge in [-0.05, 0) is 44.0 Å². The third-order valence-electron chi connectivity index (χ3n) is 4.06. The van der Waals surface area contributed by atoms with Gasteiger partial charge in [-0.2, -0.15) is 0 Å². The largest absolute Gasteiger partial charge is 0.326 e. The quantitative estimate of drug-likeness (QED) is 0.624. The first-order valence-electron chi connectivity index (χ1n) is 8.18. The Morgan fingerprint density at radius 3 is 2.20 bits per heavy atom. The molecule has 6 nitrogen and oxygen atoms in total. The van der Waals surface area contributed by atoms with Crippen LogP contribution in [0, 0.1) is 30.9 Å². The number of rotatable bonds is 6. The number of quaternary nitrogens is 1. The van der Waals surface area contributed by atoms with Crippen LogP contribution in [-0.2, 0) is 11.3 Å². The van der Waals surface area contributed by atoms with Crippen molar-refractivity contribution in [2.24, 2.45) is 0 Å². The van der Waals surface area contributed by atoms with Gasteiger partial charge in [0, 0.05) is 23.4 Å². The van der Waals surface area contributed by atoms with Crippen LogP contribution in [0.5, 0.6) is 0 Å². The molecule has 1 unspecified atom stereocenters. The van der Waals surface area contributed by atoms with Crippen LogP contribution in [0.1, 0.15) is 22.3 Å². The number of hydrogen-bond acceptors (Lipinski definition) is 3. The summed E-state index contributed by atoms with van der Waals surface area (Å²) in [5.74, 6) is -0.0468. The Labute approximate surface area is 147 Å². The first-order valence-corrected chi connectivity index (χ1v) is 8.18. The van der Waals surface area contributed by atoms with E-state index >= 15 is 0 Å². The van der Waals surface area contributed by atoms with Crippen LogP contribution in [0.2, 0.25) is 0 Å². The molecule has 2 N–H and O–H groups in total. The van der Waals surface area contributed by atoms with Crippen molar-refractivity contribution in [2.45, 2.75) is 27.3 Å². The first-order chi connectivity index (χ1) is 11.8. The number of carbonyl (C=O) groups is 1. The number of nitrogens with zero attached hydrogens (tertiary/aromatic N) is 1. The van der Waals surface area contributed by atoms with Crippen LogP contribution in [0.4, 0.5) is 11.4 Å². The van der Waals surface area contributed by atoms with Crippen molar-refractivity contribution in [3.63, 3.8) is 0 Å². The maximum Gasteiger partial charge on any atom is 0.279 e. The van der Waals surface area contributed by atoms with E-state index in [1.807, 2.05) is 27.8 Å². The Bertz CT molecular complexity index is 762. The molecule has 0 aromatic heterocycles. The van der Waals surface area contributed by atoms with Crippen molar-refractivity contribution < 1.29 is 14.6 Å². The van der Waals surface area contributed by atoms with E-state index in [0.29, 0.717) is 13.1 Å². The number of non-ortho nitro benzene ring substituents is 1. The van der Waals surface area contributed by atoms with Gasteiger partial charge < -0.3 is 10.2 Å². The van der Waals surface area contributed by atoms with Gasteiger partial charge in [0.25, 0.3) is 11.6 Å². The highest BCUT2D eigenvalue weighted by atomic mass is 16.6. The number of aryl methyl sites for hydroxylation is 3. The fourth-order valence-electron chi connectivity index (χ4n) is 2.98. The first kappa shape index (κ1) is 18.6. The van der Waals surface area contributed by atoms with E-state index in [0.717, 1.165) is 27.3 Å². The second-order valence-corrected chi connectivity index (χ2v) is 6.56. The van der Waals surface area contributed by atoms with Crippen LogP contribution in [0.15, 0.2) is 36.4 Å². The molecule has 2 rings (SSSR count). The molecule has 25 heavy (non-hydrogen) atoms. The van der Waals surface area contributed by atoms with E-state index in [1.54, 1.807) is 12.1 Å². The zero-order valence-electron chi connectivity index (χ0n) is 15.1. The third-order valence-corrected chi connectivity index (χ3v) is 4.06. The third kappa shape index (κ3) is 5.12. The van der Waals surface area contributed by atoms with E-state index in [4.69, 9.17) is 0 Å². The van der Waals surface area contributed by atoms with Crippen LogP contribution in [0.3, 0.4) is 0 Å². The zero-order valence-corrected chi connectivity index (χ0v) is 15.1. The van der Waals surface area contributed by atoms with Crippen molar-refractivity contribution in [3.8, 4) is 0 Å². The second kappa shape index (κ2) is 7.90. The molecule has 0 radical (unpaired) electrons. The Balaban J connectivity index is 1.95. The molecular formula is C19H24N3O3+. The lowest BCUT2D eigenvalue weighted by molar-refractivity contribution is -0.885. The SMILES string of the molecule is Cc1cc(C)c(NC(=O)C[NH+](C)Cc2ccc([N+](=O)[O-])cc2)c(C)c1. The van der Waals surface area contributed by atoms with Gasteiger partial charge in [0.1, 0.15) is 6.54 Å². The minimum Gasteiger partial charge on any atom is -0.326 e. The lowest BCUT2D eigenvalue weighted by atomic mass is 10.1. The average molecular weight is 342 g/mol. The molecule has 0 fully saturated rings. The van der Waals surface area contributed by atoms with Crippen molar-refractivity contribution in [1.82, 2.24) is 0 Å². The lowest BCUT2D eigenvalue weighted by Crippen LogP contribution is -3.08. The standard InChI is InChI=1S/C19H23N3O3/c1-13-9-14(2)19(15(3)10-13)20-18(23)12-21(4)11-16-5-7-17(8-6-16)22(24)25/h5-10H,11-12H2,1-4H3,(H,20,23)/p+1. The summed E-state index contributed by atoms with van der Waals surface area (Å²) in [6.45, 7) is 6.96. The smallest absolute Gasteiger partial charge is 0.279 e. The van der Waals surface area contributed by atoms with Crippen molar-refractivity contribution in [3.05, 3.63) is 68.8 Å². The average Bonchev–Trinajstić information content (AvgIpc) is 2.51. The molecule has 0 saturated heterocycles. The van der Waals surface area contributed by atoms with Crippen LogP contribution < -0.4 is 10.2 Å². The van der Waals surface area contributed by atoms with Gasteiger partial charge in [0.2, 0.25) is 0 Å². The Hall–Kier alpha value is -2.73. The normalized spacial score (nSPS) is 11.8. The minimum atomic E-state index is -0.417. The molecule has 0 saturated carbocycles. The molecule has 0 aliphatic heterocycles. The molecule has 6 heteroatoms. The number of carbonyl (C=O) groups excluding carboxylic acids is 1. The van der Waals surface area contributed by atoms with E-state index in [2.05, 4.69) is 17.4 Å². The van der Waals surface area contributed by atoms with Gasteiger partial charge in [0.15, 0.2) is 6.54 Å². The number of nitro benzene ring substituents is 1. The number of hydrogen-bond donors (Lipinski definition) is 2. The predicted molar refractivity (Wildman–Crippen MR) is 97.8 cm³/mol. The zero-order chi connectivity index (χ0) is 18.6. The molecule has 2 aromatic rings. The van der Waals surface area contributed by atoms with Crippen LogP contribution >= 0.6 is 0 Å². The van der Waals surface area contributed by atoms with Crippen LogP contribution in [-0.4, -0.2) is 24.4 Å². The Kier molecular flexibility index (Phi) is 5.88. The highest BCUT2D eigenvalue weighted by molar-refractivity contribution is 5.93. The molecule has 132 valence electrons. The number of nitro groups is 1. The summed E-state index contributed by atoms with van der Waals surface area (Å²) in [4.78, 5) is 23.6. The van der Waals surface area contributed by atoms with Gasteiger partial charge in [-0.1, -0.05) is 17.7 Å².